The van der Waals surface area contributed by atoms with Crippen molar-refractivity contribution < 1.29 is 4.42 Å². The summed E-state index contributed by atoms with van der Waals surface area (Å²) in [5.74, 6) is 1.04. The fourth-order valence-corrected chi connectivity index (χ4v) is 3.80. The minimum absolute atomic E-state index is 0.470. The van der Waals surface area contributed by atoms with Crippen molar-refractivity contribution in [2.75, 3.05) is 0 Å². The molecule has 0 saturated heterocycles. The van der Waals surface area contributed by atoms with Crippen molar-refractivity contribution in [3.63, 3.8) is 0 Å². The molecule has 0 aliphatic heterocycles. The summed E-state index contributed by atoms with van der Waals surface area (Å²) in [4.78, 5) is 8.14. The zero-order valence-electron chi connectivity index (χ0n) is 18.6. The number of halogens is 1. The Morgan fingerprint density at radius 3 is 2.70 bits per heavy atom. The number of benzene rings is 1. The Morgan fingerprint density at radius 2 is 1.97 bits per heavy atom. The number of para-hydroxylation sites is 1. The number of nitrogens with zero attached hydrogens (tertiary/aromatic N) is 5. The van der Waals surface area contributed by atoms with Crippen molar-refractivity contribution in [2.24, 2.45) is 4.99 Å². The Hall–Kier alpha value is -3.77. The van der Waals surface area contributed by atoms with E-state index >= 15 is 0 Å². The lowest BCUT2D eigenvalue weighted by Gasteiger charge is -2.15. The number of aryl methyl sites for hydroxylation is 3. The third-order valence-corrected chi connectivity index (χ3v) is 5.56. The topological polar surface area (TPSA) is 69.1 Å². The van der Waals surface area contributed by atoms with Gasteiger partial charge in [0.15, 0.2) is 0 Å². The molecule has 0 radical (unpaired) electrons. The van der Waals surface area contributed by atoms with Crippen LogP contribution in [0.3, 0.4) is 0 Å². The minimum atomic E-state index is 0.470. The monoisotopic (exact) mass is 457 g/mol. The Bertz CT molecular complexity index is 1310. The van der Waals surface area contributed by atoms with E-state index in [2.05, 4.69) is 43.6 Å². The van der Waals surface area contributed by atoms with Crippen molar-refractivity contribution in [2.45, 2.75) is 26.7 Å². The van der Waals surface area contributed by atoms with Gasteiger partial charge in [-0.3, -0.25) is 9.98 Å². The van der Waals surface area contributed by atoms with E-state index in [1.54, 1.807) is 12.4 Å². The van der Waals surface area contributed by atoms with Gasteiger partial charge >= 0.3 is 0 Å². The van der Waals surface area contributed by atoms with Crippen LogP contribution in [-0.2, 0) is 12.8 Å². The van der Waals surface area contributed by atoms with E-state index in [1.807, 2.05) is 62.4 Å². The lowest BCUT2D eigenvalue weighted by atomic mass is 10.1. The van der Waals surface area contributed by atoms with Gasteiger partial charge in [0, 0.05) is 30.2 Å². The molecule has 0 unspecified atom stereocenters. The summed E-state index contributed by atoms with van der Waals surface area (Å²) in [6, 6.07) is 15.8. The van der Waals surface area contributed by atoms with Crippen molar-refractivity contribution in [3.05, 3.63) is 101 Å². The molecule has 4 aromatic rings. The predicted molar refractivity (Wildman–Crippen MR) is 133 cm³/mol. The molecular formula is C26H24ClN5O. The zero-order chi connectivity index (χ0) is 23.2. The molecule has 0 saturated carbocycles. The third-order valence-electron chi connectivity index (χ3n) is 5.24. The highest BCUT2D eigenvalue weighted by atomic mass is 35.5. The molecule has 6 nitrogen and oxygen atoms in total. The average molecular weight is 458 g/mol. The van der Waals surface area contributed by atoms with Crippen LogP contribution in [0.4, 0.5) is 0 Å². The van der Waals surface area contributed by atoms with E-state index < -0.39 is 0 Å². The van der Waals surface area contributed by atoms with Crippen LogP contribution < -0.4 is 0 Å². The van der Waals surface area contributed by atoms with Gasteiger partial charge in [-0.25, -0.2) is 0 Å². The Kier molecular flexibility index (Phi) is 6.95. The second-order valence-corrected chi connectivity index (χ2v) is 7.84. The maximum atomic E-state index is 6.58. The average Bonchev–Trinajstić information content (AvgIpc) is 3.47. The van der Waals surface area contributed by atoms with Crippen molar-refractivity contribution in [1.29, 1.82) is 0 Å². The number of hydrogen-bond acceptors (Lipinski definition) is 5. The number of allylic oxidation sites excluding steroid dienone is 3. The van der Waals surface area contributed by atoms with Gasteiger partial charge in [-0.05, 0) is 75.0 Å². The second kappa shape index (κ2) is 10.2. The van der Waals surface area contributed by atoms with E-state index in [0.717, 1.165) is 33.9 Å². The van der Waals surface area contributed by atoms with Gasteiger partial charge in [-0.2, -0.15) is 0 Å². The summed E-state index contributed by atoms with van der Waals surface area (Å²) in [5, 5.41) is 9.08. The number of aromatic nitrogens is 4. The quantitative estimate of drug-likeness (QED) is 0.230. The fourth-order valence-electron chi connectivity index (χ4n) is 3.58. The van der Waals surface area contributed by atoms with Gasteiger partial charge in [0.2, 0.25) is 11.8 Å². The maximum absolute atomic E-state index is 6.58. The van der Waals surface area contributed by atoms with Crippen LogP contribution in [0.25, 0.3) is 22.7 Å². The van der Waals surface area contributed by atoms with Crippen LogP contribution in [0.1, 0.15) is 29.9 Å². The third kappa shape index (κ3) is 5.02. The smallest absolute Gasteiger partial charge is 0.249 e. The molecule has 0 spiro atoms. The zero-order valence-corrected chi connectivity index (χ0v) is 19.3. The Balaban J connectivity index is 1.64. The number of hydrogen-bond donors (Lipinski definition) is 0. The molecule has 0 N–H and O–H groups in total. The van der Waals surface area contributed by atoms with Crippen LogP contribution in [-0.4, -0.2) is 26.5 Å². The Morgan fingerprint density at radius 1 is 1.12 bits per heavy atom. The lowest BCUT2D eigenvalue weighted by Crippen LogP contribution is -2.06. The molecular weight excluding hydrogens is 434 g/mol. The highest BCUT2D eigenvalue weighted by Crippen LogP contribution is 2.29. The largest absolute Gasteiger partial charge is 0.421 e. The first kappa shape index (κ1) is 22.4. The molecule has 0 atom stereocenters. The van der Waals surface area contributed by atoms with Crippen molar-refractivity contribution in [3.8, 4) is 17.1 Å². The molecule has 0 bridgehead atoms. The summed E-state index contributed by atoms with van der Waals surface area (Å²) < 4.78 is 8.05. The predicted octanol–water partition coefficient (Wildman–Crippen LogP) is 6.29. The molecule has 166 valence electrons. The lowest BCUT2D eigenvalue weighted by molar-refractivity contribution is 0.502. The summed E-state index contributed by atoms with van der Waals surface area (Å²) in [6.45, 7) is 7.46. The SMILES string of the molecule is C=NC=CC(=CC)c1ccc(CCc2nnc(-c3ccc(C)nc3)o2)n1-c1ccccc1Cl. The van der Waals surface area contributed by atoms with Gasteiger partial charge in [0.1, 0.15) is 0 Å². The number of pyridine rings is 1. The van der Waals surface area contributed by atoms with Gasteiger partial charge in [0.25, 0.3) is 0 Å². The fraction of sp³-hybridized carbons (Fsp3) is 0.154. The molecule has 7 heteroatoms. The molecule has 0 aliphatic carbocycles. The van der Waals surface area contributed by atoms with Crippen molar-refractivity contribution >= 4 is 23.9 Å². The molecule has 3 heterocycles. The second-order valence-electron chi connectivity index (χ2n) is 7.43. The van der Waals surface area contributed by atoms with Gasteiger partial charge in [-0.15, -0.1) is 10.2 Å². The molecule has 33 heavy (non-hydrogen) atoms. The highest BCUT2D eigenvalue weighted by Gasteiger charge is 2.16. The maximum Gasteiger partial charge on any atom is 0.249 e. The summed E-state index contributed by atoms with van der Waals surface area (Å²) in [7, 11) is 0. The first-order valence-corrected chi connectivity index (χ1v) is 11.0. The molecule has 4 rings (SSSR count). The van der Waals surface area contributed by atoms with Crippen LogP contribution in [0.5, 0.6) is 0 Å². The van der Waals surface area contributed by atoms with Crippen LogP contribution in [0, 0.1) is 6.92 Å². The normalized spacial score (nSPS) is 11.9. The van der Waals surface area contributed by atoms with Gasteiger partial charge < -0.3 is 8.98 Å². The highest BCUT2D eigenvalue weighted by molar-refractivity contribution is 6.32. The van der Waals surface area contributed by atoms with Crippen LogP contribution in [0.15, 0.2) is 82.5 Å². The molecule has 0 fully saturated rings. The Labute approximate surface area is 198 Å². The molecule has 1 aromatic carbocycles. The van der Waals surface area contributed by atoms with Gasteiger partial charge in [-0.1, -0.05) is 29.8 Å². The van der Waals surface area contributed by atoms with Crippen molar-refractivity contribution in [1.82, 2.24) is 19.7 Å². The standard InChI is InChI=1S/C26H24ClN5O/c1-4-19(15-16-28-3)23-13-11-21(32(23)24-8-6-5-7-22(24)27)12-14-25-30-31-26(33-25)20-10-9-18(2)29-17-20/h4-11,13,15-17H,3,12,14H2,1-2H3. The molecule has 0 amide bonds. The number of rotatable bonds is 8. The van der Waals surface area contributed by atoms with E-state index in [9.17, 15) is 0 Å². The van der Waals surface area contributed by atoms with Crippen LogP contribution >= 0.6 is 11.6 Å². The summed E-state index contributed by atoms with van der Waals surface area (Å²) >= 11 is 6.58. The number of aliphatic imine (C=N–C) groups is 1. The van der Waals surface area contributed by atoms with E-state index in [1.165, 1.54) is 0 Å². The van der Waals surface area contributed by atoms with E-state index in [4.69, 9.17) is 16.0 Å². The first-order chi connectivity index (χ1) is 16.1. The van der Waals surface area contributed by atoms with Gasteiger partial charge in [0.05, 0.1) is 22.0 Å². The molecule has 3 aromatic heterocycles. The summed E-state index contributed by atoms with van der Waals surface area (Å²) in [6.07, 6.45) is 8.67. The van der Waals surface area contributed by atoms with E-state index in [0.29, 0.717) is 29.6 Å². The minimum Gasteiger partial charge on any atom is -0.421 e. The first-order valence-electron chi connectivity index (χ1n) is 10.6. The van der Waals surface area contributed by atoms with E-state index in [-0.39, 0.29) is 0 Å². The summed E-state index contributed by atoms with van der Waals surface area (Å²) in [5.41, 5.74) is 5.76. The molecule has 0 aliphatic rings. The van der Waals surface area contributed by atoms with Crippen LogP contribution in [0.2, 0.25) is 5.02 Å².